The quantitative estimate of drug-likeness (QED) is 0.284. The number of anilines is 1. The molecule has 3 aromatic carbocycles. The lowest BCUT2D eigenvalue weighted by molar-refractivity contribution is -0.111. The van der Waals surface area contributed by atoms with E-state index in [0.29, 0.717) is 29.5 Å². The third-order valence-electron chi connectivity index (χ3n) is 6.88. The molecule has 1 aromatic heterocycles. The second-order valence-corrected chi connectivity index (χ2v) is 10.8. The van der Waals surface area contributed by atoms with Gasteiger partial charge in [-0.1, -0.05) is 48.0 Å². The molecule has 182 valence electrons. The van der Waals surface area contributed by atoms with Gasteiger partial charge in [0.05, 0.1) is 30.3 Å². The van der Waals surface area contributed by atoms with Crippen LogP contribution in [0.3, 0.4) is 0 Å². The molecule has 7 heteroatoms. The van der Waals surface area contributed by atoms with Crippen molar-refractivity contribution >= 4 is 50.2 Å². The molecule has 1 amide bonds. The average molecular weight is 517 g/mol. The number of thiophene rings is 1. The van der Waals surface area contributed by atoms with Crippen molar-refractivity contribution < 1.29 is 14.6 Å². The van der Waals surface area contributed by atoms with Gasteiger partial charge in [0.15, 0.2) is 11.5 Å². The van der Waals surface area contributed by atoms with Gasteiger partial charge in [-0.3, -0.25) is 4.79 Å². The number of methoxy groups -OCH3 is 1. The van der Waals surface area contributed by atoms with Gasteiger partial charge in [0.2, 0.25) is 0 Å². The van der Waals surface area contributed by atoms with E-state index in [0.717, 1.165) is 44.0 Å². The standard InChI is InChI=1S/C29H25ClN2O3S/c1-35-24-14-21-20(13-23(24)33)22(29(34)31-18-7-3-2-4-8-18)15-32(28(21)17-11-12-17)16-26-27(30)19-9-5-6-10-25(19)36-26/h2-10,13-15,17,28,33H,11-12,16H2,1H3,(H,31,34). The number of carbonyl (C=O) groups excluding carboxylic acids is 1. The number of ether oxygens (including phenoxy) is 1. The molecule has 1 aliphatic heterocycles. The lowest BCUT2D eigenvalue weighted by atomic mass is 9.87. The van der Waals surface area contributed by atoms with Crippen LogP contribution in [-0.2, 0) is 11.3 Å². The van der Waals surface area contributed by atoms with E-state index in [4.69, 9.17) is 16.3 Å². The van der Waals surface area contributed by atoms with Crippen molar-refractivity contribution in [3.8, 4) is 11.5 Å². The monoisotopic (exact) mass is 516 g/mol. The first kappa shape index (κ1) is 23.0. The van der Waals surface area contributed by atoms with Crippen LogP contribution in [0.15, 0.2) is 72.9 Å². The molecular formula is C29H25ClN2O3S. The highest BCUT2D eigenvalue weighted by atomic mass is 35.5. The van der Waals surface area contributed by atoms with Gasteiger partial charge in [-0.05, 0) is 60.2 Å². The molecule has 1 atom stereocenters. The maximum absolute atomic E-state index is 13.6. The van der Waals surface area contributed by atoms with Crippen LogP contribution in [0, 0.1) is 5.92 Å². The number of nitrogens with one attached hydrogen (secondary N) is 1. The first-order valence-corrected chi connectivity index (χ1v) is 13.1. The van der Waals surface area contributed by atoms with Gasteiger partial charge in [-0.2, -0.15) is 0 Å². The lowest BCUT2D eigenvalue weighted by Crippen LogP contribution is -2.31. The molecule has 6 rings (SSSR count). The number of hydrogen-bond acceptors (Lipinski definition) is 5. The summed E-state index contributed by atoms with van der Waals surface area (Å²) in [4.78, 5) is 16.9. The molecule has 0 saturated heterocycles. The SMILES string of the molecule is COc1cc2c(cc1O)C(C(=O)Nc1ccccc1)=CN(Cc1sc3ccccc3c1Cl)C2C1CC1. The van der Waals surface area contributed by atoms with E-state index in [1.54, 1.807) is 24.5 Å². The molecule has 0 spiro atoms. The number of benzene rings is 3. The first-order valence-electron chi connectivity index (χ1n) is 11.9. The summed E-state index contributed by atoms with van der Waals surface area (Å²) in [6.45, 7) is 0.587. The summed E-state index contributed by atoms with van der Waals surface area (Å²) in [6, 6.07) is 21.1. The number of amides is 1. The number of para-hydroxylation sites is 1. The van der Waals surface area contributed by atoms with Gasteiger partial charge in [-0.15, -0.1) is 11.3 Å². The second kappa shape index (κ2) is 9.19. The van der Waals surface area contributed by atoms with Crippen LogP contribution in [0.25, 0.3) is 15.7 Å². The number of carbonyl (C=O) groups is 1. The molecule has 4 aromatic rings. The van der Waals surface area contributed by atoms with Gasteiger partial charge in [0, 0.05) is 26.9 Å². The highest BCUT2D eigenvalue weighted by Crippen LogP contribution is 2.52. The highest BCUT2D eigenvalue weighted by Gasteiger charge is 2.41. The van der Waals surface area contributed by atoms with E-state index < -0.39 is 0 Å². The van der Waals surface area contributed by atoms with E-state index in [-0.39, 0.29) is 17.7 Å². The number of rotatable bonds is 6. The topological polar surface area (TPSA) is 61.8 Å². The predicted octanol–water partition coefficient (Wildman–Crippen LogP) is 7.22. The summed E-state index contributed by atoms with van der Waals surface area (Å²) < 4.78 is 6.60. The van der Waals surface area contributed by atoms with E-state index in [2.05, 4.69) is 16.3 Å². The number of nitrogens with zero attached hydrogens (tertiary/aromatic N) is 1. The Morgan fingerprint density at radius 1 is 1.14 bits per heavy atom. The summed E-state index contributed by atoms with van der Waals surface area (Å²) >= 11 is 8.51. The molecule has 1 aliphatic carbocycles. The van der Waals surface area contributed by atoms with E-state index in [1.165, 1.54) is 0 Å². The Balaban J connectivity index is 1.45. The van der Waals surface area contributed by atoms with Crippen LogP contribution in [0.4, 0.5) is 5.69 Å². The van der Waals surface area contributed by atoms with Crippen LogP contribution in [0.5, 0.6) is 11.5 Å². The summed E-state index contributed by atoms with van der Waals surface area (Å²) in [5.74, 6) is 0.656. The van der Waals surface area contributed by atoms with Crippen molar-refractivity contribution in [1.82, 2.24) is 4.90 Å². The van der Waals surface area contributed by atoms with Crippen molar-refractivity contribution in [2.75, 3.05) is 12.4 Å². The van der Waals surface area contributed by atoms with Crippen molar-refractivity contribution in [2.45, 2.75) is 25.4 Å². The van der Waals surface area contributed by atoms with Gasteiger partial charge < -0.3 is 20.1 Å². The highest BCUT2D eigenvalue weighted by molar-refractivity contribution is 7.19. The maximum atomic E-state index is 13.6. The van der Waals surface area contributed by atoms with E-state index in [9.17, 15) is 9.90 Å². The van der Waals surface area contributed by atoms with Gasteiger partial charge in [0.1, 0.15) is 0 Å². The van der Waals surface area contributed by atoms with Crippen LogP contribution >= 0.6 is 22.9 Å². The minimum absolute atomic E-state index is 0.0187. The van der Waals surface area contributed by atoms with Crippen molar-refractivity contribution in [3.63, 3.8) is 0 Å². The fraction of sp³-hybridized carbons (Fsp3) is 0.207. The Labute approximate surface area is 218 Å². The average Bonchev–Trinajstić information content (AvgIpc) is 3.68. The summed E-state index contributed by atoms with van der Waals surface area (Å²) in [5.41, 5.74) is 2.94. The van der Waals surface area contributed by atoms with Crippen molar-refractivity contribution in [1.29, 1.82) is 0 Å². The van der Waals surface area contributed by atoms with Gasteiger partial charge >= 0.3 is 0 Å². The molecule has 0 bridgehead atoms. The number of hydrogen-bond donors (Lipinski definition) is 2. The van der Waals surface area contributed by atoms with Crippen LogP contribution in [-0.4, -0.2) is 23.0 Å². The van der Waals surface area contributed by atoms with Crippen molar-refractivity contribution in [2.24, 2.45) is 5.92 Å². The van der Waals surface area contributed by atoms with Crippen LogP contribution < -0.4 is 10.1 Å². The normalized spacial score (nSPS) is 17.0. The number of phenolic OH excluding ortho intramolecular Hbond substituents is 1. The fourth-order valence-electron chi connectivity index (χ4n) is 5.03. The van der Waals surface area contributed by atoms with E-state index >= 15 is 0 Å². The smallest absolute Gasteiger partial charge is 0.257 e. The van der Waals surface area contributed by atoms with Gasteiger partial charge in [0.25, 0.3) is 5.91 Å². The summed E-state index contributed by atoms with van der Waals surface area (Å²) in [7, 11) is 1.55. The molecule has 2 heterocycles. The lowest BCUT2D eigenvalue weighted by Gasteiger charge is -2.37. The Morgan fingerprint density at radius 2 is 1.89 bits per heavy atom. The molecule has 1 saturated carbocycles. The summed E-state index contributed by atoms with van der Waals surface area (Å²) in [5, 5.41) is 15.4. The molecule has 2 N–H and O–H groups in total. The third-order valence-corrected chi connectivity index (χ3v) is 8.58. The van der Waals surface area contributed by atoms with Crippen molar-refractivity contribution in [3.05, 3.63) is 94.0 Å². The maximum Gasteiger partial charge on any atom is 0.257 e. The fourth-order valence-corrected chi connectivity index (χ4v) is 6.54. The number of phenols is 1. The minimum Gasteiger partial charge on any atom is -0.504 e. The molecule has 5 nitrogen and oxygen atoms in total. The zero-order chi connectivity index (χ0) is 24.8. The Bertz CT molecular complexity index is 1490. The van der Waals surface area contributed by atoms with Crippen LogP contribution in [0.1, 0.15) is 34.9 Å². The zero-order valence-corrected chi connectivity index (χ0v) is 21.3. The number of fused-ring (bicyclic) bond motifs is 2. The van der Waals surface area contributed by atoms with Gasteiger partial charge in [-0.25, -0.2) is 0 Å². The molecule has 36 heavy (non-hydrogen) atoms. The predicted molar refractivity (Wildman–Crippen MR) is 146 cm³/mol. The molecule has 2 aliphatic rings. The zero-order valence-electron chi connectivity index (χ0n) is 19.7. The minimum atomic E-state index is -0.228. The first-order chi connectivity index (χ1) is 17.5. The summed E-state index contributed by atoms with van der Waals surface area (Å²) in [6.07, 6.45) is 4.17. The largest absolute Gasteiger partial charge is 0.504 e. The molecule has 1 fully saturated rings. The van der Waals surface area contributed by atoms with E-state index in [1.807, 2.05) is 60.8 Å². The molecular weight excluding hydrogens is 492 g/mol. The number of halogens is 1. The Hall–Kier alpha value is -3.48. The van der Waals surface area contributed by atoms with Crippen LogP contribution in [0.2, 0.25) is 5.02 Å². The Morgan fingerprint density at radius 3 is 2.61 bits per heavy atom. The molecule has 0 radical (unpaired) electrons. The molecule has 1 unspecified atom stereocenters. The third kappa shape index (κ3) is 4.10. The second-order valence-electron chi connectivity index (χ2n) is 9.26. The Kier molecular flexibility index (Phi) is 5.86. The number of aromatic hydroxyl groups is 1.